The zero-order chi connectivity index (χ0) is 3.58. The molecule has 40 valence electrons. The Labute approximate surface area is 63.1 Å². The van der Waals surface area contributed by atoms with E-state index in [1.54, 1.807) is 0 Å². The van der Waals surface area contributed by atoms with Crippen LogP contribution in [-0.2, 0) is 0 Å². The first-order valence-electron chi connectivity index (χ1n) is 0.651. The van der Waals surface area contributed by atoms with Gasteiger partial charge in [-0.05, 0) is 0 Å². The Bertz CT molecular complexity index is 34.7. The summed E-state index contributed by atoms with van der Waals surface area (Å²) in [6.45, 7) is 0. The van der Waals surface area contributed by atoms with Crippen LogP contribution in [0, 0.1) is 0 Å². The molecule has 0 aliphatic heterocycles. The second-order valence-corrected chi connectivity index (χ2v) is 0.283. The predicted molar refractivity (Wildman–Crippen MR) is 31.4 cm³/mol. The SMILES string of the molecule is O.O=C(O)O.[AlH3].[LiH]. The normalized spacial score (nSPS) is 3.43. The molecule has 0 aromatic carbocycles. The molecule has 0 saturated carbocycles. The zero-order valence-corrected chi connectivity index (χ0v) is 2.30. The summed E-state index contributed by atoms with van der Waals surface area (Å²) in [4.78, 5) is 8.56. The molecule has 0 amide bonds. The summed E-state index contributed by atoms with van der Waals surface area (Å²) < 4.78 is 0. The molecule has 0 aromatic heterocycles. The number of carbonyl (C=O) groups is 1. The standard InChI is InChI=1S/CH2O3.Al.Li.H2O.4H/c2-1(3)4;;;;;;;/h(H2,2,3,4);;;1H2;;;;. The van der Waals surface area contributed by atoms with E-state index in [1.165, 1.54) is 0 Å². The fraction of sp³-hybridized carbons (Fsp3) is 0. The van der Waals surface area contributed by atoms with E-state index in [0.717, 1.165) is 0 Å². The van der Waals surface area contributed by atoms with Crippen molar-refractivity contribution in [3.05, 3.63) is 0 Å². The summed E-state index contributed by atoms with van der Waals surface area (Å²) in [5.41, 5.74) is 0. The van der Waals surface area contributed by atoms with Gasteiger partial charge in [0.15, 0.2) is 17.4 Å². The van der Waals surface area contributed by atoms with Crippen LogP contribution < -0.4 is 0 Å². The molecule has 0 spiro atoms. The first kappa shape index (κ1) is 26.4. The predicted octanol–water partition coefficient (Wildman–Crippen LogP) is -2.43. The fourth-order valence-corrected chi connectivity index (χ4v) is 0. The van der Waals surface area contributed by atoms with Gasteiger partial charge in [-0.25, -0.2) is 4.79 Å². The molecule has 0 rings (SSSR count). The average Bonchev–Trinajstić information content (AvgIpc) is 0.811. The number of carboxylic acid groups (broad SMARTS) is 2. The number of rotatable bonds is 0. The van der Waals surface area contributed by atoms with Gasteiger partial charge in [-0.15, -0.1) is 0 Å². The second kappa shape index (κ2) is 16.2. The Morgan fingerprint density at radius 3 is 1.29 bits per heavy atom. The van der Waals surface area contributed by atoms with Crippen molar-refractivity contribution in [3.63, 3.8) is 0 Å². The van der Waals surface area contributed by atoms with E-state index in [9.17, 15) is 0 Å². The molecule has 0 atom stereocenters. The molecule has 0 aliphatic rings. The Morgan fingerprint density at radius 1 is 1.29 bits per heavy atom. The summed E-state index contributed by atoms with van der Waals surface area (Å²) in [6, 6.07) is 0. The van der Waals surface area contributed by atoms with Crippen LogP contribution in [-0.4, -0.2) is 58.1 Å². The van der Waals surface area contributed by atoms with Gasteiger partial charge in [0.05, 0.1) is 0 Å². The minimum atomic E-state index is -1.83. The molecule has 0 radical (unpaired) electrons. The molecule has 0 aliphatic carbocycles. The van der Waals surface area contributed by atoms with E-state index in [1.807, 2.05) is 0 Å². The van der Waals surface area contributed by atoms with Gasteiger partial charge in [0.1, 0.15) is 0 Å². The van der Waals surface area contributed by atoms with Crippen LogP contribution in [0.2, 0.25) is 0 Å². The molecule has 0 aromatic rings. The van der Waals surface area contributed by atoms with Crippen molar-refractivity contribution in [1.29, 1.82) is 0 Å². The van der Waals surface area contributed by atoms with E-state index in [0.29, 0.717) is 0 Å². The molecule has 0 unspecified atom stereocenters. The van der Waals surface area contributed by atoms with Gasteiger partial charge in [0, 0.05) is 0 Å². The van der Waals surface area contributed by atoms with Crippen molar-refractivity contribution >= 4 is 42.4 Å². The number of hydrogen-bond donors (Lipinski definition) is 2. The third kappa shape index (κ3) is 933. The van der Waals surface area contributed by atoms with E-state index < -0.39 is 6.16 Å². The van der Waals surface area contributed by atoms with Gasteiger partial charge in [0.25, 0.3) is 0 Å². The monoisotopic (exact) mass is 118 g/mol. The minimum absolute atomic E-state index is 0. The molecule has 4 nitrogen and oxygen atoms in total. The van der Waals surface area contributed by atoms with Gasteiger partial charge in [-0.3, -0.25) is 0 Å². The van der Waals surface area contributed by atoms with Gasteiger partial charge in [0.2, 0.25) is 0 Å². The Morgan fingerprint density at radius 2 is 1.29 bits per heavy atom. The summed E-state index contributed by atoms with van der Waals surface area (Å²) in [5, 5.41) is 13.9. The van der Waals surface area contributed by atoms with Crippen LogP contribution in [0.15, 0.2) is 0 Å². The zero-order valence-electron chi connectivity index (χ0n) is 2.30. The maximum atomic E-state index is 8.56. The summed E-state index contributed by atoms with van der Waals surface area (Å²) in [5.74, 6) is 0. The topological polar surface area (TPSA) is 89.0 Å². The Kier molecular flexibility index (Phi) is 61.0. The van der Waals surface area contributed by atoms with E-state index in [-0.39, 0.29) is 41.7 Å². The van der Waals surface area contributed by atoms with Crippen LogP contribution in [0.5, 0.6) is 0 Å². The summed E-state index contributed by atoms with van der Waals surface area (Å²) in [7, 11) is 0. The summed E-state index contributed by atoms with van der Waals surface area (Å²) in [6.07, 6.45) is -1.83. The molecular formula is CH8AlLiO4. The third-order valence-electron chi connectivity index (χ3n) is 0. The quantitative estimate of drug-likeness (QED) is 0.346. The van der Waals surface area contributed by atoms with Crippen molar-refractivity contribution in [1.82, 2.24) is 0 Å². The molecule has 0 fully saturated rings. The first-order chi connectivity index (χ1) is 1.73. The van der Waals surface area contributed by atoms with Crippen LogP contribution in [0.1, 0.15) is 0 Å². The van der Waals surface area contributed by atoms with Crippen molar-refractivity contribution in [2.45, 2.75) is 0 Å². The molecule has 0 heterocycles. The van der Waals surface area contributed by atoms with Crippen LogP contribution in [0.25, 0.3) is 0 Å². The van der Waals surface area contributed by atoms with Crippen LogP contribution in [0.4, 0.5) is 4.79 Å². The molecular weight excluding hydrogens is 110 g/mol. The Balaban J connectivity index is -0.0000000150. The molecule has 7 heavy (non-hydrogen) atoms. The van der Waals surface area contributed by atoms with Crippen LogP contribution >= 0.6 is 0 Å². The molecule has 6 heteroatoms. The number of hydrogen-bond acceptors (Lipinski definition) is 1. The first-order valence-corrected chi connectivity index (χ1v) is 0.651. The van der Waals surface area contributed by atoms with E-state index >= 15 is 0 Å². The molecule has 0 bridgehead atoms. The van der Waals surface area contributed by atoms with Crippen LogP contribution in [0.3, 0.4) is 0 Å². The van der Waals surface area contributed by atoms with Gasteiger partial charge in [-0.1, -0.05) is 0 Å². The van der Waals surface area contributed by atoms with E-state index in [4.69, 9.17) is 15.0 Å². The Hall–Kier alpha value is 0.360. The van der Waals surface area contributed by atoms with Crippen molar-refractivity contribution < 1.29 is 20.5 Å². The van der Waals surface area contributed by atoms with Crippen molar-refractivity contribution in [3.8, 4) is 0 Å². The molecule has 4 N–H and O–H groups in total. The van der Waals surface area contributed by atoms with Gasteiger partial charge >= 0.3 is 25.0 Å². The van der Waals surface area contributed by atoms with Gasteiger partial charge < -0.3 is 15.7 Å². The van der Waals surface area contributed by atoms with Gasteiger partial charge in [-0.2, -0.15) is 0 Å². The molecule has 0 saturated heterocycles. The van der Waals surface area contributed by atoms with Crippen molar-refractivity contribution in [2.75, 3.05) is 0 Å². The average molecular weight is 118 g/mol. The second-order valence-electron chi connectivity index (χ2n) is 0.283. The third-order valence-corrected chi connectivity index (χ3v) is 0. The van der Waals surface area contributed by atoms with Crippen molar-refractivity contribution in [2.24, 2.45) is 0 Å². The maximum absolute atomic E-state index is 8.56. The fourth-order valence-electron chi connectivity index (χ4n) is 0. The summed E-state index contributed by atoms with van der Waals surface area (Å²) >= 11 is 0. The van der Waals surface area contributed by atoms with E-state index in [2.05, 4.69) is 0 Å².